The molecule has 2 unspecified atom stereocenters. The van der Waals surface area contributed by atoms with E-state index in [1.807, 2.05) is 32.0 Å². The number of amides is 1. The Morgan fingerprint density at radius 2 is 2.00 bits per heavy atom. The van der Waals surface area contributed by atoms with Crippen LogP contribution >= 0.6 is 0 Å². The minimum absolute atomic E-state index is 0.137. The average Bonchev–Trinajstić information content (AvgIpc) is 3.10. The first-order valence-electron chi connectivity index (χ1n) is 8.09. The van der Waals surface area contributed by atoms with Crippen molar-refractivity contribution in [1.82, 2.24) is 10.3 Å². The lowest BCUT2D eigenvalue weighted by atomic mass is 10.0. The number of nitrogens with two attached hydrogens (primary N) is 1. The normalized spacial score (nSPS) is 13.6. The molecule has 0 aliphatic heterocycles. The molecular weight excluding hydrogens is 302 g/mol. The number of nitrogens with zero attached hydrogens (tertiary/aromatic N) is 1. The van der Waals surface area contributed by atoms with Crippen molar-refractivity contribution in [1.29, 1.82) is 0 Å². The van der Waals surface area contributed by atoms with Gasteiger partial charge in [0.1, 0.15) is 6.26 Å². The highest BCUT2D eigenvalue weighted by molar-refractivity contribution is 5.92. The van der Waals surface area contributed by atoms with E-state index in [1.165, 1.54) is 11.6 Å². The predicted octanol–water partition coefficient (Wildman–Crippen LogP) is 3.73. The highest BCUT2D eigenvalue weighted by atomic mass is 16.3. The Bertz CT molecular complexity index is 856. The van der Waals surface area contributed by atoms with Gasteiger partial charge >= 0.3 is 0 Å². The van der Waals surface area contributed by atoms with E-state index in [1.54, 1.807) is 0 Å². The summed E-state index contributed by atoms with van der Waals surface area (Å²) in [7, 11) is 0. The summed E-state index contributed by atoms with van der Waals surface area (Å²) >= 11 is 0. The second kappa shape index (κ2) is 6.84. The van der Waals surface area contributed by atoms with Crippen molar-refractivity contribution in [2.45, 2.75) is 32.4 Å². The zero-order valence-corrected chi connectivity index (χ0v) is 13.8. The van der Waals surface area contributed by atoms with Crippen molar-refractivity contribution in [2.75, 3.05) is 0 Å². The Kier molecular flexibility index (Phi) is 4.62. The summed E-state index contributed by atoms with van der Waals surface area (Å²) in [4.78, 5) is 16.5. The van der Waals surface area contributed by atoms with E-state index in [2.05, 4.69) is 34.6 Å². The van der Waals surface area contributed by atoms with Crippen molar-refractivity contribution in [3.8, 4) is 0 Å². The number of carbonyl (C=O) groups is 1. The first kappa shape index (κ1) is 16.2. The number of hydrogen-bond acceptors (Lipinski definition) is 4. The summed E-state index contributed by atoms with van der Waals surface area (Å²) in [6, 6.07) is 13.9. The van der Waals surface area contributed by atoms with E-state index in [-0.39, 0.29) is 23.7 Å². The van der Waals surface area contributed by atoms with Gasteiger partial charge in [0.25, 0.3) is 5.91 Å². The van der Waals surface area contributed by atoms with E-state index in [9.17, 15) is 4.79 Å². The summed E-state index contributed by atoms with van der Waals surface area (Å²) < 4.78 is 5.29. The largest absolute Gasteiger partial charge is 0.446 e. The third kappa shape index (κ3) is 3.31. The van der Waals surface area contributed by atoms with Gasteiger partial charge in [-0.15, -0.1) is 0 Å². The number of carbonyl (C=O) groups excluding carboxylic acids is 1. The minimum atomic E-state index is -0.288. The third-order valence-electron chi connectivity index (χ3n) is 4.13. The molecule has 3 rings (SSSR count). The number of fused-ring (bicyclic) bond motifs is 1. The molecule has 1 heterocycles. The van der Waals surface area contributed by atoms with E-state index in [4.69, 9.17) is 10.2 Å². The number of hydrogen-bond donors (Lipinski definition) is 2. The van der Waals surface area contributed by atoms with Gasteiger partial charge < -0.3 is 15.5 Å². The maximum atomic E-state index is 12.3. The fraction of sp³-hybridized carbons (Fsp3) is 0.263. The van der Waals surface area contributed by atoms with Crippen molar-refractivity contribution in [2.24, 2.45) is 5.73 Å². The Morgan fingerprint density at radius 3 is 2.75 bits per heavy atom. The van der Waals surface area contributed by atoms with Crippen LogP contribution in [0.2, 0.25) is 0 Å². The molecule has 2 aromatic carbocycles. The van der Waals surface area contributed by atoms with Gasteiger partial charge in [-0.1, -0.05) is 43.3 Å². The van der Waals surface area contributed by atoms with Gasteiger partial charge in [-0.2, -0.15) is 0 Å². The quantitative estimate of drug-likeness (QED) is 0.749. The molecule has 3 aromatic rings. The van der Waals surface area contributed by atoms with Crippen LogP contribution in [0.15, 0.2) is 53.1 Å². The molecule has 0 saturated carbocycles. The van der Waals surface area contributed by atoms with Crippen LogP contribution in [0.25, 0.3) is 10.8 Å². The predicted molar refractivity (Wildman–Crippen MR) is 93.6 cm³/mol. The van der Waals surface area contributed by atoms with Crippen LogP contribution in [-0.2, 0) is 0 Å². The van der Waals surface area contributed by atoms with Gasteiger partial charge in [0.05, 0.1) is 12.1 Å². The molecule has 0 radical (unpaired) electrons. The maximum absolute atomic E-state index is 12.3. The summed E-state index contributed by atoms with van der Waals surface area (Å²) in [5.41, 5.74) is 7.15. The topological polar surface area (TPSA) is 81.1 Å². The lowest BCUT2D eigenvalue weighted by Crippen LogP contribution is -2.27. The fourth-order valence-corrected chi connectivity index (χ4v) is 2.57. The number of oxazole rings is 1. The molecule has 24 heavy (non-hydrogen) atoms. The molecule has 0 saturated heterocycles. The van der Waals surface area contributed by atoms with Gasteiger partial charge in [0.15, 0.2) is 5.69 Å². The summed E-state index contributed by atoms with van der Waals surface area (Å²) in [5, 5.41) is 5.27. The molecule has 0 fully saturated rings. The Hall–Kier alpha value is -2.66. The van der Waals surface area contributed by atoms with Crippen LogP contribution in [0.5, 0.6) is 0 Å². The fourth-order valence-electron chi connectivity index (χ4n) is 2.57. The Labute approximate surface area is 140 Å². The van der Waals surface area contributed by atoms with E-state index < -0.39 is 0 Å². The van der Waals surface area contributed by atoms with E-state index in [0.29, 0.717) is 12.3 Å². The zero-order valence-electron chi connectivity index (χ0n) is 13.8. The zero-order chi connectivity index (χ0) is 17.1. The molecule has 1 amide bonds. The highest BCUT2D eigenvalue weighted by Crippen LogP contribution is 2.21. The molecule has 3 N–H and O–H groups in total. The van der Waals surface area contributed by atoms with Crippen molar-refractivity contribution >= 4 is 16.7 Å². The SMILES string of the molecule is CCC(N)c1nc(C(=O)NC(C)c2ccc3ccccc3c2)co1. The molecule has 2 atom stereocenters. The van der Waals surface area contributed by atoms with Crippen LogP contribution in [0.3, 0.4) is 0 Å². The second-order valence-electron chi connectivity index (χ2n) is 5.89. The van der Waals surface area contributed by atoms with Crippen LogP contribution in [-0.4, -0.2) is 10.9 Å². The van der Waals surface area contributed by atoms with Gasteiger partial charge in [0.2, 0.25) is 5.89 Å². The summed E-state index contributed by atoms with van der Waals surface area (Å²) in [6.07, 6.45) is 2.06. The summed E-state index contributed by atoms with van der Waals surface area (Å²) in [5.74, 6) is 0.120. The molecule has 0 bridgehead atoms. The van der Waals surface area contributed by atoms with Crippen molar-refractivity contribution in [3.05, 3.63) is 65.9 Å². The summed E-state index contributed by atoms with van der Waals surface area (Å²) in [6.45, 7) is 3.89. The van der Waals surface area contributed by atoms with Crippen molar-refractivity contribution in [3.63, 3.8) is 0 Å². The van der Waals surface area contributed by atoms with E-state index >= 15 is 0 Å². The molecule has 0 aliphatic rings. The number of benzene rings is 2. The van der Waals surface area contributed by atoms with Crippen LogP contribution in [0.1, 0.15) is 54.3 Å². The van der Waals surface area contributed by atoms with Gasteiger partial charge in [-0.05, 0) is 35.7 Å². The number of aromatic nitrogens is 1. The Morgan fingerprint density at radius 1 is 1.25 bits per heavy atom. The lowest BCUT2D eigenvalue weighted by molar-refractivity contribution is 0.0935. The van der Waals surface area contributed by atoms with Gasteiger partial charge in [-0.3, -0.25) is 4.79 Å². The van der Waals surface area contributed by atoms with E-state index in [0.717, 1.165) is 10.9 Å². The average molecular weight is 323 g/mol. The molecule has 0 aliphatic carbocycles. The first-order valence-corrected chi connectivity index (χ1v) is 8.09. The van der Waals surface area contributed by atoms with Gasteiger partial charge in [-0.25, -0.2) is 4.98 Å². The minimum Gasteiger partial charge on any atom is -0.446 e. The number of nitrogens with one attached hydrogen (secondary N) is 1. The lowest BCUT2D eigenvalue weighted by Gasteiger charge is -2.14. The molecule has 0 spiro atoms. The molecule has 1 aromatic heterocycles. The Balaban J connectivity index is 1.74. The first-order chi connectivity index (χ1) is 11.6. The number of rotatable bonds is 5. The van der Waals surface area contributed by atoms with Crippen molar-refractivity contribution < 1.29 is 9.21 Å². The van der Waals surface area contributed by atoms with Crippen LogP contribution < -0.4 is 11.1 Å². The van der Waals surface area contributed by atoms with Gasteiger partial charge in [0, 0.05) is 0 Å². The molecular formula is C19H21N3O2. The van der Waals surface area contributed by atoms with Crippen LogP contribution in [0.4, 0.5) is 0 Å². The third-order valence-corrected chi connectivity index (χ3v) is 4.13. The van der Waals surface area contributed by atoms with Crippen LogP contribution in [0, 0.1) is 0 Å². The highest BCUT2D eigenvalue weighted by Gasteiger charge is 2.18. The molecule has 5 heteroatoms. The smallest absolute Gasteiger partial charge is 0.273 e. The molecule has 5 nitrogen and oxygen atoms in total. The molecule has 124 valence electrons. The second-order valence-corrected chi connectivity index (χ2v) is 5.89. The monoisotopic (exact) mass is 323 g/mol. The standard InChI is InChI=1S/C19H21N3O2/c1-3-16(20)19-22-17(11-24-19)18(23)21-12(2)14-9-8-13-6-4-5-7-15(13)10-14/h4-12,16H,3,20H2,1-2H3,(H,21,23). The maximum Gasteiger partial charge on any atom is 0.273 e.